The molecule has 1 unspecified atom stereocenters. The molecule has 0 spiro atoms. The summed E-state index contributed by atoms with van der Waals surface area (Å²) in [6, 6.07) is 9.67. The monoisotopic (exact) mass is 275 g/mol. The lowest BCUT2D eigenvalue weighted by atomic mass is 9.74. The molecule has 1 aromatic carbocycles. The largest absolute Gasteiger partial charge is 0.491 e. The molecule has 0 bridgehead atoms. The van der Waals surface area contributed by atoms with Crippen molar-refractivity contribution in [3.63, 3.8) is 0 Å². The summed E-state index contributed by atoms with van der Waals surface area (Å²) in [5.74, 6) is 0.719. The van der Waals surface area contributed by atoms with E-state index in [0.717, 1.165) is 11.3 Å². The average Bonchev–Trinajstić information content (AvgIpc) is 2.47. The number of aliphatic hydroxyl groups is 1. The van der Waals surface area contributed by atoms with E-state index >= 15 is 0 Å². The minimum atomic E-state index is -0.813. The minimum absolute atomic E-state index is 0.0791. The summed E-state index contributed by atoms with van der Waals surface area (Å²) >= 11 is 0. The van der Waals surface area contributed by atoms with Gasteiger partial charge in [-0.3, -0.25) is 0 Å². The van der Waals surface area contributed by atoms with Crippen LogP contribution in [0.3, 0.4) is 0 Å². The molecule has 1 saturated heterocycles. The second-order valence-electron chi connectivity index (χ2n) is 5.52. The highest BCUT2D eigenvalue weighted by molar-refractivity contribution is 5.32. The number of nitrogens with zero attached hydrogens (tertiary/aromatic N) is 1. The zero-order valence-electron chi connectivity index (χ0n) is 12.0. The highest BCUT2D eigenvalue weighted by atomic mass is 16.5. The third kappa shape index (κ3) is 3.12. The zero-order chi connectivity index (χ0) is 14.6. The maximum Gasteiger partial charge on any atom is 0.120 e. The van der Waals surface area contributed by atoms with Crippen LogP contribution < -0.4 is 4.74 Å². The van der Waals surface area contributed by atoms with E-state index in [0.29, 0.717) is 26.1 Å². The van der Waals surface area contributed by atoms with Gasteiger partial charge in [0, 0.05) is 13.2 Å². The number of hydrogen-bond acceptors (Lipinski definition) is 4. The zero-order valence-corrected chi connectivity index (χ0v) is 12.0. The van der Waals surface area contributed by atoms with E-state index in [4.69, 9.17) is 9.47 Å². The fourth-order valence-corrected chi connectivity index (χ4v) is 2.53. The molecule has 4 heteroatoms. The van der Waals surface area contributed by atoms with Gasteiger partial charge >= 0.3 is 0 Å². The van der Waals surface area contributed by atoms with Crippen molar-refractivity contribution in [3.8, 4) is 11.8 Å². The predicted molar refractivity (Wildman–Crippen MR) is 75.3 cm³/mol. The summed E-state index contributed by atoms with van der Waals surface area (Å²) in [4.78, 5) is 0. The van der Waals surface area contributed by atoms with E-state index in [1.165, 1.54) is 0 Å². The summed E-state index contributed by atoms with van der Waals surface area (Å²) in [5, 5.41) is 20.1. The summed E-state index contributed by atoms with van der Waals surface area (Å²) in [7, 11) is 0. The summed E-state index contributed by atoms with van der Waals surface area (Å²) in [6.45, 7) is 4.95. The van der Waals surface area contributed by atoms with Gasteiger partial charge in [0.1, 0.15) is 5.75 Å². The molecular weight excluding hydrogens is 254 g/mol. The summed E-state index contributed by atoms with van der Waals surface area (Å²) in [5.41, 5.74) is -0.0269. The molecule has 0 aromatic heterocycles. The van der Waals surface area contributed by atoms with Crippen LogP contribution in [-0.2, 0) is 4.74 Å². The topological polar surface area (TPSA) is 62.5 Å². The number of hydrogen-bond donors (Lipinski definition) is 1. The molecule has 1 heterocycles. The van der Waals surface area contributed by atoms with E-state index in [-0.39, 0.29) is 6.10 Å². The second-order valence-corrected chi connectivity index (χ2v) is 5.52. The van der Waals surface area contributed by atoms with Gasteiger partial charge in [-0.25, -0.2) is 0 Å². The highest BCUT2D eigenvalue weighted by Crippen LogP contribution is 2.42. The van der Waals surface area contributed by atoms with Gasteiger partial charge in [0.05, 0.1) is 23.7 Å². The van der Waals surface area contributed by atoms with Crippen molar-refractivity contribution in [2.45, 2.75) is 38.9 Å². The van der Waals surface area contributed by atoms with E-state index in [2.05, 4.69) is 6.07 Å². The van der Waals surface area contributed by atoms with Crippen LogP contribution in [0.4, 0.5) is 0 Å². The van der Waals surface area contributed by atoms with Gasteiger partial charge in [-0.1, -0.05) is 12.1 Å². The van der Waals surface area contributed by atoms with Gasteiger partial charge in [-0.2, -0.15) is 5.26 Å². The van der Waals surface area contributed by atoms with Crippen LogP contribution in [0, 0.1) is 16.7 Å². The highest BCUT2D eigenvalue weighted by Gasteiger charge is 2.40. The van der Waals surface area contributed by atoms with Gasteiger partial charge in [0.2, 0.25) is 0 Å². The second kappa shape index (κ2) is 6.25. The van der Waals surface area contributed by atoms with Gasteiger partial charge in [-0.05, 0) is 44.4 Å². The Hall–Kier alpha value is -1.57. The van der Waals surface area contributed by atoms with Gasteiger partial charge in [0.15, 0.2) is 0 Å². The quantitative estimate of drug-likeness (QED) is 0.917. The van der Waals surface area contributed by atoms with Gasteiger partial charge < -0.3 is 14.6 Å². The molecule has 1 fully saturated rings. The number of aliphatic hydroxyl groups excluding tert-OH is 1. The predicted octanol–water partition coefficient (Wildman–Crippen LogP) is 2.83. The molecule has 0 saturated carbocycles. The lowest BCUT2D eigenvalue weighted by Gasteiger charge is -2.35. The molecular formula is C16H21NO3. The molecule has 20 heavy (non-hydrogen) atoms. The van der Waals surface area contributed by atoms with Crippen LogP contribution >= 0.6 is 0 Å². The summed E-state index contributed by atoms with van der Waals surface area (Å²) in [6.07, 6.45) is 0.377. The first-order chi connectivity index (χ1) is 9.57. The Kier molecular flexibility index (Phi) is 4.64. The van der Waals surface area contributed by atoms with Crippen LogP contribution in [0.15, 0.2) is 24.3 Å². The van der Waals surface area contributed by atoms with Crippen molar-refractivity contribution in [3.05, 3.63) is 29.8 Å². The Morgan fingerprint density at radius 2 is 2.05 bits per heavy atom. The number of nitriles is 1. The molecule has 2 rings (SSSR count). The number of benzene rings is 1. The molecule has 1 aliphatic rings. The molecule has 4 nitrogen and oxygen atoms in total. The van der Waals surface area contributed by atoms with E-state index in [9.17, 15) is 10.4 Å². The standard InChI is InChI=1S/C16H21NO3/c1-12(2)20-14-5-3-4-13(10-14)15(18)16(11-17)6-8-19-9-7-16/h3-5,10,12,15,18H,6-9H2,1-2H3. The molecule has 0 amide bonds. The first-order valence-electron chi connectivity index (χ1n) is 7.01. The van der Waals surface area contributed by atoms with Crippen molar-refractivity contribution in [2.75, 3.05) is 13.2 Å². The van der Waals surface area contributed by atoms with Gasteiger partial charge in [-0.15, -0.1) is 0 Å². The van der Waals surface area contributed by atoms with Crippen LogP contribution in [0.5, 0.6) is 5.75 Å². The van der Waals surface area contributed by atoms with E-state index in [1.54, 1.807) is 0 Å². The SMILES string of the molecule is CC(C)Oc1cccc(C(O)C2(C#N)CCOCC2)c1. The Bertz CT molecular complexity index is 487. The Labute approximate surface area is 119 Å². The number of ether oxygens (including phenoxy) is 2. The molecule has 108 valence electrons. The molecule has 1 N–H and O–H groups in total. The van der Waals surface area contributed by atoms with Crippen LogP contribution in [0.2, 0.25) is 0 Å². The normalized spacial score (nSPS) is 19.4. The minimum Gasteiger partial charge on any atom is -0.491 e. The van der Waals surface area contributed by atoms with E-state index in [1.807, 2.05) is 38.1 Å². The molecule has 1 aliphatic heterocycles. The van der Waals surface area contributed by atoms with Crippen LogP contribution in [0.1, 0.15) is 38.4 Å². The first-order valence-corrected chi connectivity index (χ1v) is 7.01. The lowest BCUT2D eigenvalue weighted by Crippen LogP contribution is -2.34. The van der Waals surface area contributed by atoms with Crippen molar-refractivity contribution in [1.82, 2.24) is 0 Å². The van der Waals surface area contributed by atoms with Crippen molar-refractivity contribution < 1.29 is 14.6 Å². The van der Waals surface area contributed by atoms with Crippen LogP contribution in [-0.4, -0.2) is 24.4 Å². The van der Waals surface area contributed by atoms with Crippen molar-refractivity contribution in [1.29, 1.82) is 5.26 Å². The molecule has 0 aliphatic carbocycles. The fraction of sp³-hybridized carbons (Fsp3) is 0.562. The molecule has 1 atom stereocenters. The smallest absolute Gasteiger partial charge is 0.120 e. The third-order valence-corrected chi connectivity index (χ3v) is 3.68. The Balaban J connectivity index is 2.23. The molecule has 0 radical (unpaired) electrons. The first kappa shape index (κ1) is 14.8. The maximum atomic E-state index is 10.6. The average molecular weight is 275 g/mol. The maximum absolute atomic E-state index is 10.6. The van der Waals surface area contributed by atoms with Crippen molar-refractivity contribution >= 4 is 0 Å². The molecule has 1 aromatic rings. The Morgan fingerprint density at radius 1 is 1.35 bits per heavy atom. The number of rotatable bonds is 4. The van der Waals surface area contributed by atoms with Crippen LogP contribution in [0.25, 0.3) is 0 Å². The van der Waals surface area contributed by atoms with E-state index < -0.39 is 11.5 Å². The fourth-order valence-electron chi connectivity index (χ4n) is 2.53. The lowest BCUT2D eigenvalue weighted by molar-refractivity contribution is -0.0310. The van der Waals surface area contributed by atoms with Crippen molar-refractivity contribution in [2.24, 2.45) is 5.41 Å². The third-order valence-electron chi connectivity index (χ3n) is 3.68. The Morgan fingerprint density at radius 3 is 2.65 bits per heavy atom. The summed E-state index contributed by atoms with van der Waals surface area (Å²) < 4.78 is 10.9. The van der Waals surface area contributed by atoms with Gasteiger partial charge in [0.25, 0.3) is 0 Å².